The number of hydrogen-bond donors (Lipinski definition) is 0. The molecule has 3 aromatic carbocycles. The van der Waals surface area contributed by atoms with Crippen molar-refractivity contribution in [2.45, 2.75) is 77.4 Å². The maximum absolute atomic E-state index is 6.76. The second-order valence-electron chi connectivity index (χ2n) is 14.1. The van der Waals surface area contributed by atoms with Gasteiger partial charge in [-0.3, -0.25) is 9.98 Å². The Kier molecular flexibility index (Phi) is 7.19. The molecule has 0 N–H and O–H groups in total. The fraction of sp³-hybridized carbons (Fsp3) is 0.293. The Morgan fingerprint density at radius 1 is 0.896 bits per heavy atom. The maximum Gasteiger partial charge on any atom is 2.00 e. The molecule has 1 fully saturated rings. The maximum atomic E-state index is 6.76. The zero-order chi connectivity index (χ0) is 32.1. The fourth-order valence-electron chi connectivity index (χ4n) is 8.01. The summed E-state index contributed by atoms with van der Waals surface area (Å²) in [4.78, 5) is 14.7. The summed E-state index contributed by atoms with van der Waals surface area (Å²) in [5, 5.41) is 2.39. The quantitative estimate of drug-likeness (QED) is 0.167. The summed E-state index contributed by atoms with van der Waals surface area (Å²) in [5.41, 5.74) is 9.88. The SMILES string of the molecule is Cc1cc2c([c-]c1Oc1[c-]c(C3=N[C@]4(C)CCCC[C@@H]4O3)cc(-c3ccccn3)c1)-n1c3nccc(C)c3c3cccc(c31)C2(C)C.[Pt+2]. The molecule has 3 aromatic heterocycles. The summed E-state index contributed by atoms with van der Waals surface area (Å²) in [5.74, 6) is 1.85. The second-order valence-corrected chi connectivity index (χ2v) is 14.1. The predicted molar refractivity (Wildman–Crippen MR) is 186 cm³/mol. The molecule has 2 aliphatic heterocycles. The summed E-state index contributed by atoms with van der Waals surface area (Å²) in [6.07, 6.45) is 8.19. The largest absolute Gasteiger partial charge is 2.00 e. The topological polar surface area (TPSA) is 61.5 Å². The van der Waals surface area contributed by atoms with Crippen LogP contribution in [0.4, 0.5) is 0 Å². The van der Waals surface area contributed by atoms with Gasteiger partial charge in [-0.2, -0.15) is 6.07 Å². The minimum absolute atomic E-state index is 0. The van der Waals surface area contributed by atoms with E-state index in [9.17, 15) is 0 Å². The molecule has 1 saturated carbocycles. The molecule has 242 valence electrons. The molecule has 0 bridgehead atoms. The van der Waals surface area contributed by atoms with E-state index in [0.717, 1.165) is 46.6 Å². The minimum Gasteiger partial charge on any atom is -0.514 e. The van der Waals surface area contributed by atoms with Crippen molar-refractivity contribution >= 4 is 27.8 Å². The number of fused-ring (bicyclic) bond motifs is 6. The van der Waals surface area contributed by atoms with Crippen LogP contribution in [0, 0.1) is 26.0 Å². The van der Waals surface area contributed by atoms with Crippen molar-refractivity contribution < 1.29 is 30.5 Å². The molecule has 6 aromatic rings. The zero-order valence-electron chi connectivity index (χ0n) is 27.8. The molecule has 5 heterocycles. The third kappa shape index (κ3) is 4.59. The van der Waals surface area contributed by atoms with E-state index >= 15 is 0 Å². The van der Waals surface area contributed by atoms with Crippen molar-refractivity contribution in [3.05, 3.63) is 113 Å². The summed E-state index contributed by atoms with van der Waals surface area (Å²) < 4.78 is 15.5. The first-order valence-electron chi connectivity index (χ1n) is 16.6. The van der Waals surface area contributed by atoms with Gasteiger partial charge < -0.3 is 14.0 Å². The number of hydrogen-bond acceptors (Lipinski definition) is 5. The van der Waals surface area contributed by atoms with Crippen LogP contribution in [-0.4, -0.2) is 32.1 Å². The third-order valence-corrected chi connectivity index (χ3v) is 10.6. The Morgan fingerprint density at radius 2 is 1.77 bits per heavy atom. The third-order valence-electron chi connectivity index (χ3n) is 10.6. The molecule has 1 aliphatic carbocycles. The van der Waals surface area contributed by atoms with E-state index in [0.29, 0.717) is 17.4 Å². The molecule has 48 heavy (non-hydrogen) atoms. The fourth-order valence-corrected chi connectivity index (χ4v) is 8.01. The van der Waals surface area contributed by atoms with Gasteiger partial charge in [0.1, 0.15) is 17.6 Å². The number of nitrogens with zero attached hydrogens (tertiary/aromatic N) is 4. The Morgan fingerprint density at radius 3 is 2.58 bits per heavy atom. The van der Waals surface area contributed by atoms with Gasteiger partial charge >= 0.3 is 21.1 Å². The van der Waals surface area contributed by atoms with Crippen LogP contribution in [0.3, 0.4) is 0 Å². The normalized spacial score (nSPS) is 20.4. The number of aryl methyl sites for hydroxylation is 2. The predicted octanol–water partition coefficient (Wildman–Crippen LogP) is 9.37. The van der Waals surface area contributed by atoms with Crippen molar-refractivity contribution in [3.8, 4) is 28.4 Å². The van der Waals surface area contributed by atoms with Crippen LogP contribution in [-0.2, 0) is 31.2 Å². The molecule has 7 heteroatoms. The second kappa shape index (κ2) is 11.1. The van der Waals surface area contributed by atoms with Gasteiger partial charge in [0.25, 0.3) is 0 Å². The van der Waals surface area contributed by atoms with Crippen LogP contribution in [0.5, 0.6) is 11.5 Å². The molecule has 0 saturated heterocycles. The first-order chi connectivity index (χ1) is 22.7. The summed E-state index contributed by atoms with van der Waals surface area (Å²) in [7, 11) is 0. The molecular formula is C41H36N4O2Pt. The molecule has 0 unspecified atom stereocenters. The van der Waals surface area contributed by atoms with Gasteiger partial charge in [0.15, 0.2) is 0 Å². The van der Waals surface area contributed by atoms with Crippen molar-refractivity contribution in [1.29, 1.82) is 0 Å². The molecular weight excluding hydrogens is 776 g/mol. The number of aromatic nitrogens is 3. The molecule has 0 radical (unpaired) electrons. The minimum atomic E-state index is -0.240. The van der Waals surface area contributed by atoms with Crippen molar-refractivity contribution in [1.82, 2.24) is 14.5 Å². The van der Waals surface area contributed by atoms with E-state index in [1.807, 2.05) is 36.7 Å². The Bertz CT molecular complexity index is 2290. The van der Waals surface area contributed by atoms with Gasteiger partial charge in [-0.1, -0.05) is 80.4 Å². The average molecular weight is 812 g/mol. The van der Waals surface area contributed by atoms with Gasteiger partial charge in [-0.25, -0.2) is 4.98 Å². The van der Waals surface area contributed by atoms with Gasteiger partial charge in [0.05, 0.1) is 16.7 Å². The molecule has 2 atom stereocenters. The molecule has 6 nitrogen and oxygen atoms in total. The number of benzene rings is 3. The molecule has 9 rings (SSSR count). The van der Waals surface area contributed by atoms with Gasteiger partial charge in [-0.15, -0.1) is 23.3 Å². The van der Waals surface area contributed by atoms with Crippen LogP contribution in [0.25, 0.3) is 38.9 Å². The monoisotopic (exact) mass is 811 g/mol. The zero-order valence-corrected chi connectivity index (χ0v) is 30.0. The Balaban J connectivity index is 0.00000336. The molecule has 0 amide bonds. The van der Waals surface area contributed by atoms with E-state index in [4.69, 9.17) is 19.5 Å². The van der Waals surface area contributed by atoms with E-state index < -0.39 is 0 Å². The summed E-state index contributed by atoms with van der Waals surface area (Å²) in [6, 6.07) is 28.2. The van der Waals surface area contributed by atoms with E-state index in [-0.39, 0.29) is 38.1 Å². The average Bonchev–Trinajstić information content (AvgIpc) is 3.61. The van der Waals surface area contributed by atoms with Crippen molar-refractivity contribution in [2.75, 3.05) is 0 Å². The molecule has 0 spiro atoms. The summed E-state index contributed by atoms with van der Waals surface area (Å²) in [6.45, 7) is 11.1. The van der Waals surface area contributed by atoms with E-state index in [1.165, 1.54) is 45.8 Å². The van der Waals surface area contributed by atoms with Crippen LogP contribution in [0.2, 0.25) is 0 Å². The first kappa shape index (κ1) is 31.0. The van der Waals surface area contributed by atoms with Crippen molar-refractivity contribution in [2.24, 2.45) is 4.99 Å². The smallest absolute Gasteiger partial charge is 0.514 e. The van der Waals surface area contributed by atoms with Gasteiger partial charge in [0.2, 0.25) is 0 Å². The number of rotatable bonds is 4. The first-order valence-corrected chi connectivity index (χ1v) is 16.6. The van der Waals surface area contributed by atoms with Gasteiger partial charge in [-0.05, 0) is 67.9 Å². The van der Waals surface area contributed by atoms with Crippen LogP contribution >= 0.6 is 0 Å². The van der Waals surface area contributed by atoms with Crippen LogP contribution in [0.15, 0.2) is 78.0 Å². The van der Waals surface area contributed by atoms with Crippen LogP contribution in [0.1, 0.15) is 74.3 Å². The number of para-hydroxylation sites is 1. The van der Waals surface area contributed by atoms with Crippen molar-refractivity contribution in [3.63, 3.8) is 0 Å². The van der Waals surface area contributed by atoms with Gasteiger partial charge in [0, 0.05) is 34.7 Å². The Hall–Kier alpha value is -4.28. The summed E-state index contributed by atoms with van der Waals surface area (Å²) >= 11 is 0. The van der Waals surface area contributed by atoms with Crippen LogP contribution < -0.4 is 4.74 Å². The molecule has 3 aliphatic rings. The van der Waals surface area contributed by atoms with E-state index in [2.05, 4.69) is 92.7 Å². The standard InChI is InChI=1S/C41H36N4O2.Pt/c1-24-15-18-43-38-36(24)29-11-10-12-30-37(29)45(38)33-23-34(25(2)19-31(33)40(30,3)4)46-28-21-26(32-13-7-9-17-42-32)20-27(22-28)39-44-41(5)16-8-6-14-35(41)47-39;/h7,9-13,15,17-21,35H,6,8,14,16H2,1-5H3;/q-2;+2/t35-,41+;/m0./s1. The van der Waals surface area contributed by atoms with E-state index in [1.54, 1.807) is 0 Å². The number of pyridine rings is 2. The number of ether oxygens (including phenoxy) is 2. The number of aliphatic imine (C=N–C) groups is 1. The Labute approximate surface area is 295 Å².